The average molecular weight is 270 g/mol. The summed E-state index contributed by atoms with van der Waals surface area (Å²) in [7, 11) is 0. The van der Waals surface area contributed by atoms with Gasteiger partial charge in [0.25, 0.3) is 5.91 Å². The van der Waals surface area contributed by atoms with Crippen LogP contribution in [0.25, 0.3) is 0 Å². The number of carbonyl (C=O) groups is 1. The van der Waals surface area contributed by atoms with Gasteiger partial charge < -0.3 is 9.64 Å². The molecule has 0 aliphatic rings. The number of hydrogen-bond donors (Lipinski definition) is 0. The molecule has 104 valence electrons. The standard InChI is InChI=1S/C12H15FN2O4/c1-3-14(4-2)12(16)8-19-11-7-9(13)5-6-10(11)15(17)18/h5-7H,3-4,8H2,1-2H3. The number of hydrogen-bond acceptors (Lipinski definition) is 4. The van der Waals surface area contributed by atoms with Crippen LogP contribution in [0.15, 0.2) is 18.2 Å². The minimum absolute atomic E-state index is 0.245. The molecule has 1 aromatic rings. The first-order chi connectivity index (χ1) is 8.99. The second-order valence-electron chi connectivity index (χ2n) is 3.72. The molecule has 1 aromatic carbocycles. The van der Waals surface area contributed by atoms with Gasteiger partial charge in [-0.15, -0.1) is 0 Å². The summed E-state index contributed by atoms with van der Waals surface area (Å²) in [5.74, 6) is -1.20. The van der Waals surface area contributed by atoms with Crippen molar-refractivity contribution in [3.8, 4) is 5.75 Å². The number of halogens is 1. The molecule has 7 heteroatoms. The summed E-state index contributed by atoms with van der Waals surface area (Å²) >= 11 is 0. The van der Waals surface area contributed by atoms with Gasteiger partial charge in [-0.25, -0.2) is 4.39 Å². The van der Waals surface area contributed by atoms with Crippen LogP contribution < -0.4 is 4.74 Å². The van der Waals surface area contributed by atoms with Gasteiger partial charge in [0.2, 0.25) is 5.75 Å². The van der Waals surface area contributed by atoms with E-state index in [4.69, 9.17) is 4.74 Å². The third kappa shape index (κ3) is 3.90. The molecule has 0 aliphatic carbocycles. The van der Waals surface area contributed by atoms with E-state index in [1.807, 2.05) is 13.8 Å². The summed E-state index contributed by atoms with van der Waals surface area (Å²) in [4.78, 5) is 23.2. The Morgan fingerprint density at radius 2 is 2.05 bits per heavy atom. The predicted octanol–water partition coefficient (Wildman–Crippen LogP) is 1.98. The lowest BCUT2D eigenvalue weighted by Crippen LogP contribution is -2.34. The molecule has 0 saturated heterocycles. The zero-order valence-corrected chi connectivity index (χ0v) is 10.8. The Morgan fingerprint density at radius 3 is 2.58 bits per heavy atom. The minimum atomic E-state index is -0.684. The van der Waals surface area contributed by atoms with Crippen LogP contribution in [0.5, 0.6) is 5.75 Å². The maximum absolute atomic E-state index is 13.0. The molecule has 19 heavy (non-hydrogen) atoms. The molecule has 0 radical (unpaired) electrons. The van der Waals surface area contributed by atoms with E-state index in [0.29, 0.717) is 13.1 Å². The lowest BCUT2D eigenvalue weighted by molar-refractivity contribution is -0.385. The SMILES string of the molecule is CCN(CC)C(=O)COc1cc(F)ccc1[N+](=O)[O-]. The lowest BCUT2D eigenvalue weighted by atomic mass is 10.3. The fourth-order valence-corrected chi connectivity index (χ4v) is 1.56. The van der Waals surface area contributed by atoms with Gasteiger partial charge in [-0.3, -0.25) is 14.9 Å². The summed E-state index contributed by atoms with van der Waals surface area (Å²) in [5, 5.41) is 10.7. The zero-order chi connectivity index (χ0) is 14.4. The van der Waals surface area contributed by atoms with E-state index in [1.165, 1.54) is 4.90 Å². The number of rotatable bonds is 6. The van der Waals surface area contributed by atoms with Crippen molar-refractivity contribution in [1.82, 2.24) is 4.90 Å². The summed E-state index contributed by atoms with van der Waals surface area (Å²) in [6, 6.07) is 2.87. The van der Waals surface area contributed by atoms with E-state index < -0.39 is 10.7 Å². The molecule has 0 aliphatic heterocycles. The Labute approximate surface area is 109 Å². The number of nitro benzene ring substituents is 1. The Hall–Kier alpha value is -2.18. The van der Waals surface area contributed by atoms with E-state index in [9.17, 15) is 19.3 Å². The molecule has 0 atom stereocenters. The molecule has 6 nitrogen and oxygen atoms in total. The first-order valence-electron chi connectivity index (χ1n) is 5.84. The summed E-state index contributed by atoms with van der Waals surface area (Å²) < 4.78 is 18.1. The highest BCUT2D eigenvalue weighted by atomic mass is 19.1. The number of nitrogens with zero attached hydrogens (tertiary/aromatic N) is 2. The van der Waals surface area contributed by atoms with Crippen molar-refractivity contribution in [2.24, 2.45) is 0 Å². The largest absolute Gasteiger partial charge is 0.477 e. The van der Waals surface area contributed by atoms with Crippen LogP contribution in [-0.4, -0.2) is 35.4 Å². The summed E-state index contributed by atoms with van der Waals surface area (Å²) in [6.45, 7) is 4.30. The Kier molecular flexibility index (Phi) is 5.23. The van der Waals surface area contributed by atoms with Gasteiger partial charge in [0.05, 0.1) is 4.92 Å². The molecule has 0 fully saturated rings. The second-order valence-corrected chi connectivity index (χ2v) is 3.72. The molecule has 0 saturated carbocycles. The summed E-state index contributed by atoms with van der Waals surface area (Å²) in [6.07, 6.45) is 0. The molecule has 0 spiro atoms. The van der Waals surface area contributed by atoms with Crippen LogP contribution in [0, 0.1) is 15.9 Å². The van der Waals surface area contributed by atoms with Gasteiger partial charge >= 0.3 is 5.69 Å². The van der Waals surface area contributed by atoms with Crippen molar-refractivity contribution in [2.75, 3.05) is 19.7 Å². The lowest BCUT2D eigenvalue weighted by Gasteiger charge is -2.18. The number of amides is 1. The molecule has 0 bridgehead atoms. The smallest absolute Gasteiger partial charge is 0.311 e. The quantitative estimate of drug-likeness (QED) is 0.585. The van der Waals surface area contributed by atoms with Gasteiger partial charge in [0, 0.05) is 25.2 Å². The van der Waals surface area contributed by atoms with E-state index in [-0.39, 0.29) is 24.0 Å². The highest BCUT2D eigenvalue weighted by Crippen LogP contribution is 2.27. The predicted molar refractivity (Wildman–Crippen MR) is 66.5 cm³/mol. The second kappa shape index (κ2) is 6.67. The molecular weight excluding hydrogens is 255 g/mol. The van der Waals surface area contributed by atoms with Crippen molar-refractivity contribution >= 4 is 11.6 Å². The van der Waals surface area contributed by atoms with Crippen molar-refractivity contribution in [1.29, 1.82) is 0 Å². The van der Waals surface area contributed by atoms with Gasteiger partial charge in [-0.2, -0.15) is 0 Å². The van der Waals surface area contributed by atoms with Crippen LogP contribution in [0.1, 0.15) is 13.8 Å². The third-order valence-corrected chi connectivity index (χ3v) is 2.59. The van der Waals surface area contributed by atoms with E-state index in [0.717, 1.165) is 18.2 Å². The number of ether oxygens (including phenoxy) is 1. The highest BCUT2D eigenvalue weighted by Gasteiger charge is 2.18. The Bertz CT molecular complexity index is 475. The Balaban J connectivity index is 2.79. The first-order valence-corrected chi connectivity index (χ1v) is 5.84. The topological polar surface area (TPSA) is 72.7 Å². The first kappa shape index (κ1) is 14.9. The normalized spacial score (nSPS) is 10.1. The van der Waals surface area contributed by atoms with Crippen molar-refractivity contribution in [3.63, 3.8) is 0 Å². The number of benzene rings is 1. The summed E-state index contributed by atoms with van der Waals surface area (Å²) in [5.41, 5.74) is -0.367. The van der Waals surface area contributed by atoms with Crippen LogP contribution in [0.4, 0.5) is 10.1 Å². The maximum Gasteiger partial charge on any atom is 0.311 e. The monoisotopic (exact) mass is 270 g/mol. The fourth-order valence-electron chi connectivity index (χ4n) is 1.56. The van der Waals surface area contributed by atoms with Crippen LogP contribution >= 0.6 is 0 Å². The third-order valence-electron chi connectivity index (χ3n) is 2.59. The van der Waals surface area contributed by atoms with E-state index >= 15 is 0 Å². The van der Waals surface area contributed by atoms with Crippen molar-refractivity contribution < 1.29 is 18.8 Å². The fraction of sp³-hybridized carbons (Fsp3) is 0.417. The van der Waals surface area contributed by atoms with Gasteiger partial charge in [0.15, 0.2) is 6.61 Å². The van der Waals surface area contributed by atoms with E-state index in [2.05, 4.69) is 0 Å². The molecule has 0 aromatic heterocycles. The maximum atomic E-state index is 13.0. The molecular formula is C12H15FN2O4. The minimum Gasteiger partial charge on any atom is -0.477 e. The van der Waals surface area contributed by atoms with Crippen LogP contribution in [0.3, 0.4) is 0 Å². The van der Waals surface area contributed by atoms with Crippen molar-refractivity contribution in [2.45, 2.75) is 13.8 Å². The van der Waals surface area contributed by atoms with Gasteiger partial charge in [0.1, 0.15) is 5.82 Å². The van der Waals surface area contributed by atoms with Gasteiger partial charge in [-0.05, 0) is 19.9 Å². The molecule has 0 unspecified atom stereocenters. The average Bonchev–Trinajstić information content (AvgIpc) is 2.37. The molecule has 0 heterocycles. The number of nitro groups is 1. The molecule has 1 amide bonds. The van der Waals surface area contributed by atoms with Crippen LogP contribution in [-0.2, 0) is 4.79 Å². The number of likely N-dealkylation sites (N-methyl/N-ethyl adjacent to an activating group) is 1. The van der Waals surface area contributed by atoms with Gasteiger partial charge in [-0.1, -0.05) is 0 Å². The molecule has 0 N–H and O–H groups in total. The molecule has 1 rings (SSSR count). The number of carbonyl (C=O) groups excluding carboxylic acids is 1. The highest BCUT2D eigenvalue weighted by molar-refractivity contribution is 5.77. The Morgan fingerprint density at radius 1 is 1.42 bits per heavy atom. The van der Waals surface area contributed by atoms with Crippen LogP contribution in [0.2, 0.25) is 0 Å². The van der Waals surface area contributed by atoms with E-state index in [1.54, 1.807) is 0 Å². The zero-order valence-electron chi connectivity index (χ0n) is 10.8. The van der Waals surface area contributed by atoms with Crippen molar-refractivity contribution in [3.05, 3.63) is 34.1 Å².